The lowest BCUT2D eigenvalue weighted by Crippen LogP contribution is -2.13. The maximum absolute atomic E-state index is 11.8. The normalized spacial score (nSPS) is 12.1. The molecule has 0 radical (unpaired) electrons. The van der Waals surface area contributed by atoms with Crippen molar-refractivity contribution in [3.63, 3.8) is 0 Å². The van der Waals surface area contributed by atoms with Crippen molar-refractivity contribution in [3.8, 4) is 0 Å². The fourth-order valence-electron chi connectivity index (χ4n) is 2.69. The molecule has 3 aromatic rings. The lowest BCUT2D eigenvalue weighted by molar-refractivity contribution is 0.481. The van der Waals surface area contributed by atoms with Gasteiger partial charge in [-0.15, -0.1) is 5.11 Å². The van der Waals surface area contributed by atoms with Gasteiger partial charge in [-0.2, -0.15) is 36.9 Å². The Morgan fingerprint density at radius 2 is 1.62 bits per heavy atom. The molecule has 0 bridgehead atoms. The number of azo groups is 1. The van der Waals surface area contributed by atoms with Crippen LogP contribution in [0.1, 0.15) is 0 Å². The van der Waals surface area contributed by atoms with Gasteiger partial charge in [-0.3, -0.25) is 9.11 Å². The van der Waals surface area contributed by atoms with Crippen LogP contribution in [0, 0.1) is 0 Å². The summed E-state index contributed by atoms with van der Waals surface area (Å²) in [6.07, 6.45) is 0. The molecule has 0 saturated carbocycles. The molecule has 0 amide bonds. The highest BCUT2D eigenvalue weighted by Crippen LogP contribution is 2.33. The van der Waals surface area contributed by atoms with Crippen molar-refractivity contribution in [2.75, 3.05) is 30.0 Å². The van der Waals surface area contributed by atoms with E-state index in [0.29, 0.717) is 0 Å². The third kappa shape index (κ3) is 6.12. The second-order valence-electron chi connectivity index (χ2n) is 6.79. The van der Waals surface area contributed by atoms with Gasteiger partial charge < -0.3 is 16.0 Å². The van der Waals surface area contributed by atoms with Gasteiger partial charge in [0.2, 0.25) is 17.2 Å². The van der Waals surface area contributed by atoms with Gasteiger partial charge in [0.15, 0.2) is 0 Å². The number of halogens is 1. The van der Waals surface area contributed by atoms with Crippen LogP contribution in [0.2, 0.25) is 5.28 Å². The standard InChI is InChI=1S/C17H17ClN8O6S2/c1-26(2)12-5-3-10(8-14(12)34(30,31)32)24-25-11-7-9(4-6-13(11)33(27,28)29)20-17-22-15(18)21-16(19)23-17/h3-8H,1-2H3,(H,27,28,29)(H,30,31,32)(H3,19,20,21,22,23). The quantitative estimate of drug-likeness (QED) is 0.257. The van der Waals surface area contributed by atoms with Gasteiger partial charge in [0, 0.05) is 19.8 Å². The largest absolute Gasteiger partial charge is 0.377 e. The average Bonchev–Trinajstić information content (AvgIpc) is 2.70. The Hall–Kier alpha value is -3.44. The van der Waals surface area contributed by atoms with E-state index in [1.54, 1.807) is 14.1 Å². The third-order valence-electron chi connectivity index (χ3n) is 4.09. The summed E-state index contributed by atoms with van der Waals surface area (Å²) < 4.78 is 66.1. The molecule has 0 saturated heterocycles. The highest BCUT2D eigenvalue weighted by Gasteiger charge is 2.19. The van der Waals surface area contributed by atoms with Gasteiger partial charge in [-0.1, -0.05) is 0 Å². The molecule has 1 heterocycles. The van der Waals surface area contributed by atoms with Crippen molar-refractivity contribution in [1.82, 2.24) is 15.0 Å². The number of hydrogen-bond donors (Lipinski definition) is 4. The van der Waals surface area contributed by atoms with Gasteiger partial charge in [-0.25, -0.2) is 0 Å². The number of nitrogen functional groups attached to an aromatic ring is 1. The number of rotatable bonds is 7. The number of nitrogens with two attached hydrogens (primary N) is 1. The molecule has 3 rings (SSSR count). The molecule has 17 heteroatoms. The molecular weight excluding hydrogens is 512 g/mol. The molecule has 5 N–H and O–H groups in total. The van der Waals surface area contributed by atoms with Crippen molar-refractivity contribution in [1.29, 1.82) is 0 Å². The first-order chi connectivity index (χ1) is 15.7. The molecule has 0 aliphatic carbocycles. The van der Waals surface area contributed by atoms with Gasteiger partial charge in [0.05, 0.1) is 11.4 Å². The molecule has 0 aliphatic rings. The first kappa shape index (κ1) is 25.2. The van der Waals surface area contributed by atoms with Crippen molar-refractivity contribution >= 4 is 66.5 Å². The maximum atomic E-state index is 11.8. The number of hydrogen-bond acceptors (Lipinski definition) is 12. The van der Waals surface area contributed by atoms with Crippen molar-refractivity contribution in [2.45, 2.75) is 9.79 Å². The summed E-state index contributed by atoms with van der Waals surface area (Å²) in [4.78, 5) is 11.7. The Labute approximate surface area is 199 Å². The zero-order valence-electron chi connectivity index (χ0n) is 17.4. The van der Waals surface area contributed by atoms with E-state index in [9.17, 15) is 25.9 Å². The molecule has 14 nitrogen and oxygen atoms in total. The van der Waals surface area contributed by atoms with Crippen molar-refractivity contribution in [3.05, 3.63) is 41.7 Å². The predicted octanol–water partition coefficient (Wildman–Crippen LogP) is 2.83. The smallest absolute Gasteiger partial charge is 0.296 e. The van der Waals surface area contributed by atoms with Crippen LogP contribution in [0.25, 0.3) is 0 Å². The maximum Gasteiger partial charge on any atom is 0.296 e. The fourth-order valence-corrected chi connectivity index (χ4v) is 4.25. The van der Waals surface area contributed by atoms with E-state index in [4.69, 9.17) is 17.3 Å². The van der Waals surface area contributed by atoms with Crippen molar-refractivity contribution < 1.29 is 25.9 Å². The molecule has 0 unspecified atom stereocenters. The Kier molecular flexibility index (Phi) is 6.99. The zero-order valence-corrected chi connectivity index (χ0v) is 19.8. The number of benzene rings is 2. The van der Waals surface area contributed by atoms with Gasteiger partial charge in [0.25, 0.3) is 20.2 Å². The summed E-state index contributed by atoms with van der Waals surface area (Å²) >= 11 is 5.73. The molecule has 180 valence electrons. The summed E-state index contributed by atoms with van der Waals surface area (Å²) in [5.41, 5.74) is 5.62. The average molecular weight is 529 g/mol. The molecule has 2 aromatic carbocycles. The Bertz CT molecular complexity index is 1480. The number of aromatic nitrogens is 3. The minimum atomic E-state index is -4.70. The summed E-state index contributed by atoms with van der Waals surface area (Å²) in [5.74, 6) is -0.204. The van der Waals surface area contributed by atoms with E-state index >= 15 is 0 Å². The summed E-state index contributed by atoms with van der Waals surface area (Å²) in [6.45, 7) is 0. The zero-order chi connectivity index (χ0) is 25.3. The van der Waals surface area contributed by atoms with Gasteiger partial charge >= 0.3 is 0 Å². The van der Waals surface area contributed by atoms with E-state index < -0.39 is 30.0 Å². The monoisotopic (exact) mass is 528 g/mol. The van der Waals surface area contributed by atoms with Crippen LogP contribution in [0.4, 0.5) is 34.6 Å². The van der Waals surface area contributed by atoms with Crippen LogP contribution >= 0.6 is 11.6 Å². The highest BCUT2D eigenvalue weighted by molar-refractivity contribution is 7.86. The molecule has 0 atom stereocenters. The van der Waals surface area contributed by atoms with E-state index in [0.717, 1.165) is 12.1 Å². The molecule has 0 fully saturated rings. The first-order valence-corrected chi connectivity index (χ1v) is 12.3. The minimum absolute atomic E-state index is 0.0186. The van der Waals surface area contributed by atoms with Gasteiger partial charge in [-0.05, 0) is 48.0 Å². The van der Waals surface area contributed by atoms with E-state index in [1.807, 2.05) is 0 Å². The SMILES string of the molecule is CN(C)c1ccc(N=Nc2cc(Nc3nc(N)nc(Cl)n3)ccc2S(=O)(=O)O)cc1S(=O)(=O)O. The molecule has 1 aromatic heterocycles. The topological polar surface area (TPSA) is 213 Å². The van der Waals surface area contributed by atoms with Crippen LogP contribution in [0.3, 0.4) is 0 Å². The summed E-state index contributed by atoms with van der Waals surface area (Å²) in [6, 6.07) is 7.39. The second kappa shape index (κ2) is 9.43. The molecule has 0 spiro atoms. The second-order valence-corrected chi connectivity index (χ2v) is 9.91. The summed E-state index contributed by atoms with van der Waals surface area (Å²) in [5, 5.41) is 10.2. The van der Waals surface area contributed by atoms with Crippen LogP contribution in [0.15, 0.2) is 56.4 Å². The first-order valence-electron chi connectivity index (χ1n) is 9.00. The highest BCUT2D eigenvalue weighted by atomic mass is 35.5. The van der Waals surface area contributed by atoms with Crippen LogP contribution in [-0.4, -0.2) is 55.0 Å². The lowest BCUT2D eigenvalue weighted by atomic mass is 10.2. The Morgan fingerprint density at radius 1 is 0.941 bits per heavy atom. The van der Waals surface area contributed by atoms with Crippen LogP contribution in [-0.2, 0) is 20.2 Å². The predicted molar refractivity (Wildman–Crippen MR) is 124 cm³/mol. The number of anilines is 4. The van der Waals surface area contributed by atoms with Crippen LogP contribution in [0.5, 0.6) is 0 Å². The van der Waals surface area contributed by atoms with E-state index in [-0.39, 0.29) is 39.9 Å². The Balaban J connectivity index is 2.05. The van der Waals surface area contributed by atoms with E-state index in [2.05, 4.69) is 30.5 Å². The third-order valence-corrected chi connectivity index (χ3v) is 6.05. The minimum Gasteiger partial charge on any atom is -0.377 e. The Morgan fingerprint density at radius 3 is 2.21 bits per heavy atom. The van der Waals surface area contributed by atoms with E-state index in [1.165, 1.54) is 29.2 Å². The summed E-state index contributed by atoms with van der Waals surface area (Å²) in [7, 11) is -6.13. The lowest BCUT2D eigenvalue weighted by Gasteiger charge is -2.15. The number of nitrogens with one attached hydrogen (secondary N) is 1. The van der Waals surface area contributed by atoms with Crippen LogP contribution < -0.4 is 16.0 Å². The van der Waals surface area contributed by atoms with Gasteiger partial charge in [0.1, 0.15) is 15.5 Å². The van der Waals surface area contributed by atoms with Crippen molar-refractivity contribution in [2.24, 2.45) is 10.2 Å². The molecule has 0 aliphatic heterocycles. The molecular formula is C17H17ClN8O6S2. The number of nitrogens with zero attached hydrogens (tertiary/aromatic N) is 6. The molecule has 34 heavy (non-hydrogen) atoms. The fraction of sp³-hybridized carbons (Fsp3) is 0.118.